The van der Waals surface area contributed by atoms with Crippen LogP contribution in [0.1, 0.15) is 120 Å². The number of carboxylic acid groups (broad SMARTS) is 2. The maximum absolute atomic E-state index is 15.5. The summed E-state index contributed by atoms with van der Waals surface area (Å²) in [5.74, 6) is -7.83. The van der Waals surface area contributed by atoms with Crippen molar-refractivity contribution >= 4 is 86.6 Å². The third kappa shape index (κ3) is 21.4. The van der Waals surface area contributed by atoms with Crippen LogP contribution in [0.5, 0.6) is 11.5 Å². The lowest BCUT2D eigenvalue weighted by molar-refractivity contribution is -0.145. The molecule has 12 bridgehead atoms. The molecule has 32 nitrogen and oxygen atoms in total. The molecule has 8 heterocycles. The first-order valence-corrected chi connectivity index (χ1v) is 38.5. The highest BCUT2D eigenvalue weighted by Gasteiger charge is 2.49. The van der Waals surface area contributed by atoms with Crippen LogP contribution in [-0.2, 0) is 91.6 Å². The van der Waals surface area contributed by atoms with Crippen molar-refractivity contribution in [3.05, 3.63) is 179 Å². The number of benzene rings is 6. The Morgan fingerprint density at radius 1 is 0.522 bits per heavy atom. The topological polar surface area (TPSA) is 423 Å². The van der Waals surface area contributed by atoms with Gasteiger partial charge < -0.3 is 77.3 Å². The van der Waals surface area contributed by atoms with Crippen LogP contribution in [0.15, 0.2) is 146 Å². The molecule has 2 saturated heterocycles. The Kier molecular flexibility index (Phi) is 26.8. The van der Waals surface area contributed by atoms with E-state index in [4.69, 9.17) is 9.47 Å². The first-order valence-electron chi connectivity index (χ1n) is 38.5. The number of aliphatic carboxylic acids is 2. The minimum absolute atomic E-state index is 0.0541. The van der Waals surface area contributed by atoms with Crippen LogP contribution >= 0.6 is 0 Å². The smallest absolute Gasteiger partial charge is 0.326 e. The maximum Gasteiger partial charge on any atom is 0.326 e. The monoisotopic (exact) mass is 1580 g/mol. The van der Waals surface area contributed by atoms with Gasteiger partial charge in [-0.05, 0) is 107 Å². The molecule has 11 N–H and O–H groups in total. The Morgan fingerprint density at radius 2 is 0.922 bits per heavy atom. The molecule has 2 fully saturated rings. The third-order valence-corrected chi connectivity index (χ3v) is 21.2. The minimum atomic E-state index is -1.53. The van der Waals surface area contributed by atoms with Crippen molar-refractivity contribution in [3.8, 4) is 11.5 Å². The lowest BCUT2D eigenvalue weighted by Gasteiger charge is -2.36. The van der Waals surface area contributed by atoms with Crippen molar-refractivity contribution in [1.29, 1.82) is 0 Å². The van der Waals surface area contributed by atoms with Crippen molar-refractivity contribution in [2.45, 2.75) is 186 Å². The van der Waals surface area contributed by atoms with E-state index in [2.05, 4.69) is 68.5 Å². The number of carbonyl (C=O) groups excluding carboxylic acids is 9. The van der Waals surface area contributed by atoms with E-state index in [9.17, 15) is 39.0 Å². The number of amides is 9. The molecule has 8 aromatic rings. The first kappa shape index (κ1) is 83.7. The van der Waals surface area contributed by atoms with Crippen LogP contribution in [0.2, 0.25) is 0 Å². The number of rotatable bonds is 17. The largest absolute Gasteiger partial charge is 0.487 e. The number of nitrogens with one attached hydrogen (secondary N) is 9. The lowest BCUT2D eigenvalue weighted by Crippen LogP contribution is -2.61. The van der Waals surface area contributed by atoms with Crippen molar-refractivity contribution in [2.24, 2.45) is 10.8 Å². The summed E-state index contributed by atoms with van der Waals surface area (Å²) in [6, 6.07) is 25.9. The third-order valence-electron chi connectivity index (χ3n) is 21.2. The number of likely N-dealkylation sites (tertiary alicyclic amines) is 2. The summed E-state index contributed by atoms with van der Waals surface area (Å²) >= 11 is 0. The fraction of sp³-hybridized carbons (Fsp3) is 0.434. The van der Waals surface area contributed by atoms with E-state index in [1.165, 1.54) is 19.2 Å². The van der Waals surface area contributed by atoms with Gasteiger partial charge >= 0.3 is 11.9 Å². The predicted molar refractivity (Wildman–Crippen MR) is 423 cm³/mol. The van der Waals surface area contributed by atoms with Crippen LogP contribution in [0.3, 0.4) is 0 Å². The van der Waals surface area contributed by atoms with E-state index in [1.54, 1.807) is 130 Å². The molecule has 2 aromatic heterocycles. The Bertz CT molecular complexity index is 4880. The molecule has 115 heavy (non-hydrogen) atoms. The molecule has 0 aliphatic carbocycles. The second kappa shape index (κ2) is 36.7. The van der Waals surface area contributed by atoms with Crippen LogP contribution in [0.4, 0.5) is 0 Å². The van der Waals surface area contributed by atoms with Gasteiger partial charge in [-0.25, -0.2) is 14.2 Å². The summed E-state index contributed by atoms with van der Waals surface area (Å²) in [6.45, 7) is 13.2. The number of carboxylic acids is 2. The van der Waals surface area contributed by atoms with Gasteiger partial charge in [0.1, 0.15) is 84.4 Å². The van der Waals surface area contributed by atoms with Crippen molar-refractivity contribution < 1.29 is 72.4 Å². The molecule has 0 spiro atoms. The summed E-state index contributed by atoms with van der Waals surface area (Å²) in [5, 5.41) is 67.2. The first-order chi connectivity index (χ1) is 54.8. The molecule has 6 aliphatic heterocycles. The average molecular weight is 1580 g/mol. The number of fused-ring (bicyclic) bond motifs is 2. The van der Waals surface area contributed by atoms with Gasteiger partial charge in [-0.3, -0.25) is 47.9 Å². The Labute approximate surface area is 665 Å². The van der Waals surface area contributed by atoms with Crippen molar-refractivity contribution in [1.82, 2.24) is 87.6 Å². The average Bonchev–Trinajstić information content (AvgIpc) is 1.65. The molecule has 0 radical (unpaired) electrons. The summed E-state index contributed by atoms with van der Waals surface area (Å²) in [5.41, 5.74) is 1.12. The Balaban J connectivity index is 0.941. The number of ether oxygens (including phenoxy) is 2. The zero-order chi connectivity index (χ0) is 82.6. The fourth-order valence-electron chi connectivity index (χ4n) is 14.3. The summed E-state index contributed by atoms with van der Waals surface area (Å²) in [7, 11) is 3.21. The van der Waals surface area contributed by atoms with E-state index >= 15 is 24.0 Å². The highest BCUT2D eigenvalue weighted by atomic mass is 16.5. The molecule has 0 unspecified atom stereocenters. The number of likely N-dealkylation sites (N-methyl/N-ethyl adjacent to an activating group) is 2. The number of carbonyl (C=O) groups is 11. The molecular weight excluding hydrogens is 1480 g/mol. The van der Waals surface area contributed by atoms with E-state index in [0.717, 1.165) is 21.5 Å². The molecule has 0 saturated carbocycles. The lowest BCUT2D eigenvalue weighted by atomic mass is 9.85. The van der Waals surface area contributed by atoms with Crippen LogP contribution in [0, 0.1) is 10.8 Å². The van der Waals surface area contributed by atoms with E-state index in [0.29, 0.717) is 45.1 Å². The number of aromatic nitrogens is 6. The molecule has 6 aromatic carbocycles. The van der Waals surface area contributed by atoms with Gasteiger partial charge in [-0.15, -0.1) is 10.2 Å². The normalized spacial score (nSPS) is 21.2. The second-order valence-electron chi connectivity index (χ2n) is 31.9. The standard InChI is InChI=1S/C83H101N17O15/c1-47(84-9)72(103)91-70(82(3,4)5)79(110)97-43-59-39-67(97)77(108)88-64(37-51-19-25-53-15-11-13-17-55(53)33-51)75(106)87-63(74(105)86-32-31-69(101)102)35-49-21-27-61(28-22-49)114-45-57-41-100(95-93-57)60-40-68(98(44-60)80(111)71(83(6,7)8)92-73(104)48(2)85-10)78(109)89-65(38-52-20-26-54-16-12-14-18-56(54)34-52)76(107)90-66(81(112)113)36-50-23-29-62(30-24-50)115-46-58-42-99(59)96-94-58/h11-30,33-34,41-42,47-48,59-60,63-68,70-71,84-85H,31-32,35-40,43-46H2,1-10H3,(H,86,105)(H,87,106)(H,88,108)(H,89,109)(H,90,107)(H,91,103)(H,92,104)(H,101,102)(H,112,113)/t47-,48-,59-,60-,63-,64-,65-,66-,67-,68-,70+,71+/m0/s1. The van der Waals surface area contributed by atoms with Crippen LogP contribution in [-0.4, -0.2) is 209 Å². The maximum atomic E-state index is 15.5. The molecule has 32 heteroatoms. The van der Waals surface area contributed by atoms with Crippen molar-refractivity contribution in [3.63, 3.8) is 0 Å². The van der Waals surface area contributed by atoms with Crippen LogP contribution in [0.25, 0.3) is 21.5 Å². The highest BCUT2D eigenvalue weighted by Crippen LogP contribution is 2.35. The second-order valence-corrected chi connectivity index (χ2v) is 31.9. The van der Waals surface area contributed by atoms with Gasteiger partial charge in [0.15, 0.2) is 0 Å². The zero-order valence-corrected chi connectivity index (χ0v) is 66.0. The number of hydrogen-bond acceptors (Lipinski definition) is 19. The quantitative estimate of drug-likeness (QED) is 0.0617. The molecule has 14 rings (SSSR count). The zero-order valence-electron chi connectivity index (χ0n) is 66.0. The van der Waals surface area contributed by atoms with E-state index in [1.807, 2.05) is 84.9 Å². The minimum Gasteiger partial charge on any atom is -0.487 e. The van der Waals surface area contributed by atoms with Crippen molar-refractivity contribution in [2.75, 3.05) is 33.7 Å². The SMILES string of the molecule is CN[C@@H](C)C(=O)N[C@H](C(=O)N1C[C@@H]2C[C@H]1C(=O)N[C@@H](Cc1ccc3ccccc3c1)C(=O)N[C@H](C(=O)O)Cc1ccc(cc1)OCc1cn(nn1)[C@H]1C[C@@H](C(=O)N[C@@H](Cc3ccc4ccccc4c3)C(=O)N[C@H](C(=O)NCCC(=O)O)Cc3ccc(cc3)OCc3cn2nn3)N(C(=O)[C@@H](NC(=O)[C@H](C)NC)C(C)(C)C)C1)C(C)(C)C. The highest BCUT2D eigenvalue weighted by molar-refractivity contribution is 5.99. The molecule has 608 valence electrons. The summed E-state index contributed by atoms with van der Waals surface area (Å²) < 4.78 is 15.4. The Morgan fingerprint density at radius 3 is 1.31 bits per heavy atom. The van der Waals surface area contributed by atoms with Gasteiger partial charge in [0.05, 0.1) is 43.0 Å². The van der Waals surface area contributed by atoms with Gasteiger partial charge in [-0.1, -0.05) is 161 Å². The molecule has 6 aliphatic rings. The molecule has 12 atom stereocenters. The Hall–Kier alpha value is -12.2. The van der Waals surface area contributed by atoms with Gasteiger partial charge in [-0.2, -0.15) is 0 Å². The predicted octanol–water partition coefficient (Wildman–Crippen LogP) is 3.79. The number of hydrogen-bond donors (Lipinski definition) is 11. The van der Waals surface area contributed by atoms with Crippen LogP contribution < -0.4 is 57.3 Å². The number of nitrogens with zero attached hydrogens (tertiary/aromatic N) is 8. The van der Waals surface area contributed by atoms with Gasteiger partial charge in [0.25, 0.3) is 0 Å². The van der Waals surface area contributed by atoms with Gasteiger partial charge in [0.2, 0.25) is 53.2 Å². The summed E-state index contributed by atoms with van der Waals surface area (Å²) in [6.07, 6.45) is 2.09. The fourth-order valence-corrected chi connectivity index (χ4v) is 14.3. The van der Waals surface area contributed by atoms with Gasteiger partial charge in [0, 0.05) is 58.2 Å². The van der Waals surface area contributed by atoms with E-state index in [-0.39, 0.29) is 71.4 Å². The molecule has 9 amide bonds. The van der Waals surface area contributed by atoms with E-state index < -0.39 is 155 Å². The summed E-state index contributed by atoms with van der Waals surface area (Å²) in [4.78, 5) is 161. The molecular formula is C83H101N17O15.